The molecule has 8 nitrogen and oxygen atoms in total. The van der Waals surface area contributed by atoms with Gasteiger partial charge in [0.15, 0.2) is 0 Å². The fourth-order valence-electron chi connectivity index (χ4n) is 3.86. The molecule has 1 heterocycles. The number of hydrogen-bond donors (Lipinski definition) is 3. The first-order chi connectivity index (χ1) is 13.0. The highest BCUT2D eigenvalue weighted by molar-refractivity contribution is 5.96. The number of rotatable bonds is 6. The minimum absolute atomic E-state index is 0.0936. The highest BCUT2D eigenvalue weighted by Gasteiger charge is 2.29. The van der Waals surface area contributed by atoms with Gasteiger partial charge in [-0.15, -0.1) is 0 Å². The van der Waals surface area contributed by atoms with Crippen LogP contribution in [-0.2, 0) is 9.59 Å². The molecule has 0 spiro atoms. The Balaban J connectivity index is 1.34. The van der Waals surface area contributed by atoms with Crippen LogP contribution in [0.5, 0.6) is 0 Å². The normalized spacial score (nSPS) is 23.4. The lowest BCUT2D eigenvalue weighted by Gasteiger charge is -2.37. The lowest BCUT2D eigenvalue weighted by molar-refractivity contribution is -0.127. The van der Waals surface area contributed by atoms with Gasteiger partial charge in [0.25, 0.3) is 0 Å². The van der Waals surface area contributed by atoms with Crippen LogP contribution < -0.4 is 16.0 Å². The molecule has 8 heteroatoms. The Kier molecular flexibility index (Phi) is 7.07. The molecule has 1 aliphatic heterocycles. The van der Waals surface area contributed by atoms with Gasteiger partial charge in [0.2, 0.25) is 11.8 Å². The zero-order chi connectivity index (χ0) is 19.2. The molecule has 3 N–H and O–H groups in total. The Morgan fingerprint density at radius 2 is 1.52 bits per heavy atom. The summed E-state index contributed by atoms with van der Waals surface area (Å²) < 4.78 is 0. The third-order valence-electron chi connectivity index (χ3n) is 5.82. The van der Waals surface area contributed by atoms with Crippen molar-refractivity contribution < 1.29 is 14.4 Å². The lowest BCUT2D eigenvalue weighted by Crippen LogP contribution is -2.56. The first kappa shape index (κ1) is 20.1. The molecule has 1 atom stereocenters. The second-order valence-electron chi connectivity index (χ2n) is 8.13. The Morgan fingerprint density at radius 1 is 0.889 bits per heavy atom. The fraction of sp³-hybridized carbons (Fsp3) is 0.842. The van der Waals surface area contributed by atoms with Gasteiger partial charge >= 0.3 is 6.03 Å². The topological polar surface area (TPSA) is 93.8 Å². The van der Waals surface area contributed by atoms with E-state index in [0.29, 0.717) is 12.6 Å². The zero-order valence-corrected chi connectivity index (χ0v) is 16.3. The van der Waals surface area contributed by atoms with E-state index >= 15 is 0 Å². The first-order valence-corrected chi connectivity index (χ1v) is 10.4. The van der Waals surface area contributed by atoms with Crippen molar-refractivity contribution in [1.29, 1.82) is 0 Å². The van der Waals surface area contributed by atoms with Crippen molar-refractivity contribution in [2.75, 3.05) is 32.7 Å². The third-order valence-corrected chi connectivity index (χ3v) is 5.82. The molecule has 4 amide bonds. The summed E-state index contributed by atoms with van der Waals surface area (Å²) >= 11 is 0. The number of imide groups is 1. The maximum atomic E-state index is 12.4. The SMILES string of the molecule is CC(C(=O)NC(=O)NC1CCCCC1)N1CCN(CC(=O)NC2CC2)CC1. The fourth-order valence-corrected chi connectivity index (χ4v) is 3.86. The molecular formula is C19H33N5O3. The van der Waals surface area contributed by atoms with E-state index in [0.717, 1.165) is 64.7 Å². The maximum absolute atomic E-state index is 12.4. The Bertz CT molecular complexity index is 537. The zero-order valence-electron chi connectivity index (χ0n) is 16.3. The Morgan fingerprint density at radius 3 is 2.15 bits per heavy atom. The molecule has 0 radical (unpaired) electrons. The predicted molar refractivity (Wildman–Crippen MR) is 102 cm³/mol. The smallest absolute Gasteiger partial charge is 0.321 e. The Labute approximate surface area is 161 Å². The summed E-state index contributed by atoms with van der Waals surface area (Å²) in [5.74, 6) is -0.167. The van der Waals surface area contributed by atoms with Crippen LogP contribution in [0, 0.1) is 0 Å². The lowest BCUT2D eigenvalue weighted by atomic mass is 9.96. The second-order valence-corrected chi connectivity index (χ2v) is 8.13. The van der Waals surface area contributed by atoms with Crippen molar-refractivity contribution in [3.63, 3.8) is 0 Å². The third kappa shape index (κ3) is 6.46. The number of nitrogens with zero attached hydrogens (tertiary/aromatic N) is 2. The van der Waals surface area contributed by atoms with Crippen molar-refractivity contribution in [2.45, 2.75) is 70.0 Å². The molecule has 1 saturated heterocycles. The molecule has 0 aromatic rings. The van der Waals surface area contributed by atoms with Crippen LogP contribution in [-0.4, -0.2) is 78.5 Å². The van der Waals surface area contributed by atoms with Gasteiger partial charge < -0.3 is 10.6 Å². The van der Waals surface area contributed by atoms with Crippen LogP contribution in [0.15, 0.2) is 0 Å². The molecule has 2 saturated carbocycles. The van der Waals surface area contributed by atoms with Gasteiger partial charge in [-0.1, -0.05) is 19.3 Å². The molecular weight excluding hydrogens is 346 g/mol. The predicted octanol–water partition coefficient (Wildman–Crippen LogP) is 0.430. The highest BCUT2D eigenvalue weighted by Crippen LogP contribution is 2.18. The molecule has 3 rings (SSSR count). The van der Waals surface area contributed by atoms with Gasteiger partial charge in [0.1, 0.15) is 0 Å². The van der Waals surface area contributed by atoms with Gasteiger partial charge in [-0.3, -0.25) is 24.7 Å². The van der Waals surface area contributed by atoms with E-state index in [2.05, 4.69) is 25.8 Å². The minimum atomic E-state index is -0.380. The summed E-state index contributed by atoms with van der Waals surface area (Å²) in [7, 11) is 0. The van der Waals surface area contributed by atoms with Crippen LogP contribution in [0.2, 0.25) is 0 Å². The van der Waals surface area contributed by atoms with Gasteiger partial charge in [-0.25, -0.2) is 4.79 Å². The number of amides is 4. The quantitative estimate of drug-likeness (QED) is 0.622. The van der Waals surface area contributed by atoms with Crippen molar-refractivity contribution in [1.82, 2.24) is 25.8 Å². The molecule has 1 unspecified atom stereocenters. The molecule has 3 fully saturated rings. The summed E-state index contributed by atoms with van der Waals surface area (Å²) in [5, 5.41) is 8.41. The van der Waals surface area contributed by atoms with Crippen LogP contribution >= 0.6 is 0 Å². The van der Waals surface area contributed by atoms with Crippen LogP contribution in [0.4, 0.5) is 4.79 Å². The van der Waals surface area contributed by atoms with Gasteiger partial charge in [0, 0.05) is 38.3 Å². The molecule has 0 aromatic carbocycles. The summed E-state index contributed by atoms with van der Waals surface area (Å²) in [6.07, 6.45) is 7.68. The number of piperazine rings is 1. The molecule has 3 aliphatic rings. The van der Waals surface area contributed by atoms with Crippen molar-refractivity contribution in [2.24, 2.45) is 0 Å². The van der Waals surface area contributed by atoms with E-state index in [1.54, 1.807) is 0 Å². The van der Waals surface area contributed by atoms with E-state index < -0.39 is 0 Å². The average Bonchev–Trinajstić information content (AvgIpc) is 3.46. The van der Waals surface area contributed by atoms with Crippen molar-refractivity contribution >= 4 is 17.8 Å². The van der Waals surface area contributed by atoms with E-state index in [4.69, 9.17) is 0 Å². The van der Waals surface area contributed by atoms with E-state index in [1.165, 1.54) is 6.42 Å². The second kappa shape index (κ2) is 9.50. The summed E-state index contributed by atoms with van der Waals surface area (Å²) in [6, 6.07) is -0.159. The summed E-state index contributed by atoms with van der Waals surface area (Å²) in [4.78, 5) is 40.5. The average molecular weight is 380 g/mol. The van der Waals surface area contributed by atoms with Gasteiger partial charge in [-0.05, 0) is 32.6 Å². The van der Waals surface area contributed by atoms with Crippen molar-refractivity contribution in [3.05, 3.63) is 0 Å². The molecule has 0 bridgehead atoms. The minimum Gasteiger partial charge on any atom is -0.352 e. The largest absolute Gasteiger partial charge is 0.352 e. The van der Waals surface area contributed by atoms with Crippen LogP contribution in [0.3, 0.4) is 0 Å². The Hall–Kier alpha value is -1.67. The molecule has 27 heavy (non-hydrogen) atoms. The van der Waals surface area contributed by atoms with E-state index in [-0.39, 0.29) is 29.9 Å². The molecule has 2 aliphatic carbocycles. The maximum Gasteiger partial charge on any atom is 0.321 e. The van der Waals surface area contributed by atoms with Gasteiger partial charge in [-0.2, -0.15) is 0 Å². The molecule has 152 valence electrons. The summed E-state index contributed by atoms with van der Waals surface area (Å²) in [5.41, 5.74) is 0. The van der Waals surface area contributed by atoms with Gasteiger partial charge in [0.05, 0.1) is 12.6 Å². The highest BCUT2D eigenvalue weighted by atomic mass is 16.2. The number of carbonyl (C=O) groups is 3. The number of nitrogens with one attached hydrogen (secondary N) is 3. The molecule has 0 aromatic heterocycles. The van der Waals surface area contributed by atoms with Crippen molar-refractivity contribution in [3.8, 4) is 0 Å². The van der Waals surface area contributed by atoms with Crippen LogP contribution in [0.25, 0.3) is 0 Å². The number of carbonyl (C=O) groups excluding carboxylic acids is 3. The number of hydrogen-bond acceptors (Lipinski definition) is 5. The number of urea groups is 1. The summed E-state index contributed by atoms with van der Waals surface area (Å²) in [6.45, 7) is 5.20. The van der Waals surface area contributed by atoms with Crippen LogP contribution in [0.1, 0.15) is 51.9 Å². The van der Waals surface area contributed by atoms with E-state index in [9.17, 15) is 14.4 Å². The van der Waals surface area contributed by atoms with E-state index in [1.807, 2.05) is 6.92 Å². The first-order valence-electron chi connectivity index (χ1n) is 10.4. The monoisotopic (exact) mass is 379 g/mol. The standard InChI is InChI=1S/C19H33N5O3/c1-14(18(26)22-19(27)21-15-5-3-2-4-6-15)24-11-9-23(10-12-24)13-17(25)20-16-7-8-16/h14-16H,2-13H2,1H3,(H,20,25)(H2,21,22,26,27).